The molecule has 0 heterocycles. The summed E-state index contributed by atoms with van der Waals surface area (Å²) in [5.41, 5.74) is 5.80. The number of nitro benzene ring substituents is 1. The molecule has 0 radical (unpaired) electrons. The molecule has 0 saturated heterocycles. The molecule has 0 fully saturated rings. The molecule has 0 aliphatic carbocycles. The van der Waals surface area contributed by atoms with Crippen LogP contribution in [0.5, 0.6) is 5.75 Å². The van der Waals surface area contributed by atoms with E-state index in [4.69, 9.17) is 33.7 Å². The average Bonchev–Trinajstić information content (AvgIpc) is 2.69. The minimum Gasteiger partial charge on any atom is -0.425 e. The molecule has 1 amide bonds. The predicted molar refractivity (Wildman–Crippen MR) is 121 cm³/mol. The Bertz CT molecular complexity index is 958. The van der Waals surface area contributed by atoms with Gasteiger partial charge in [0.1, 0.15) is 11.8 Å². The van der Waals surface area contributed by atoms with Crippen molar-refractivity contribution in [3.8, 4) is 5.75 Å². The average molecular weight is 521 g/mol. The number of nitro groups is 1. The van der Waals surface area contributed by atoms with Gasteiger partial charge in [0.05, 0.1) is 21.2 Å². The van der Waals surface area contributed by atoms with Crippen LogP contribution in [0.3, 0.4) is 0 Å². The number of rotatable bonds is 7. The molecular formula is C19H20BrCl2N3O5. The lowest BCUT2D eigenvalue weighted by Crippen LogP contribution is -2.39. The minimum absolute atomic E-state index is 0. The first-order chi connectivity index (χ1) is 13.6. The van der Waals surface area contributed by atoms with Crippen molar-refractivity contribution in [3.63, 3.8) is 0 Å². The molecule has 0 bridgehead atoms. The van der Waals surface area contributed by atoms with Crippen LogP contribution in [-0.2, 0) is 4.79 Å². The van der Waals surface area contributed by atoms with E-state index >= 15 is 0 Å². The monoisotopic (exact) mass is 519 g/mol. The van der Waals surface area contributed by atoms with Crippen LogP contribution >= 0.6 is 40.2 Å². The van der Waals surface area contributed by atoms with Crippen molar-refractivity contribution in [1.82, 2.24) is 0 Å². The number of ether oxygens (including phenoxy) is 1. The summed E-state index contributed by atoms with van der Waals surface area (Å²) in [4.78, 5) is 35.2. The standard InChI is InChI=1S/C19H19Cl2N3O5.BrH/c1-3-10(2)17(22)19(26)29-16-7-4-11(20)8-13(16)18(25)23-15-6-5-12(24(27)28)9-14(15)21;/h4-10,17H,3,22H2,1-2H3,(H,23,25);1H/t10-,17-;/m0./s1. The molecule has 11 heteroatoms. The second kappa shape index (κ2) is 11.3. The third-order valence-corrected chi connectivity index (χ3v) is 4.89. The third-order valence-electron chi connectivity index (χ3n) is 4.34. The van der Waals surface area contributed by atoms with E-state index in [-0.39, 0.29) is 55.6 Å². The second-order valence-electron chi connectivity index (χ2n) is 6.35. The predicted octanol–water partition coefficient (Wildman–Crippen LogP) is 5.01. The van der Waals surface area contributed by atoms with Crippen molar-refractivity contribution < 1.29 is 19.2 Å². The van der Waals surface area contributed by atoms with Crippen LogP contribution in [0.1, 0.15) is 30.6 Å². The number of nitrogens with two attached hydrogens (primary N) is 1. The number of nitrogens with one attached hydrogen (secondary N) is 1. The van der Waals surface area contributed by atoms with Gasteiger partial charge < -0.3 is 15.8 Å². The fourth-order valence-electron chi connectivity index (χ4n) is 2.34. The number of benzene rings is 2. The number of non-ortho nitro benzene ring substituents is 1. The molecule has 0 aliphatic rings. The van der Waals surface area contributed by atoms with Crippen molar-refractivity contribution >= 4 is 63.4 Å². The summed E-state index contributed by atoms with van der Waals surface area (Å²) in [6, 6.07) is 6.94. The second-order valence-corrected chi connectivity index (χ2v) is 7.19. The van der Waals surface area contributed by atoms with E-state index in [0.29, 0.717) is 6.42 Å². The number of hydrogen-bond donors (Lipinski definition) is 2. The molecule has 162 valence electrons. The van der Waals surface area contributed by atoms with E-state index in [1.165, 1.54) is 30.3 Å². The van der Waals surface area contributed by atoms with Gasteiger partial charge in [0.25, 0.3) is 11.6 Å². The highest BCUT2D eigenvalue weighted by Gasteiger charge is 2.24. The van der Waals surface area contributed by atoms with E-state index in [2.05, 4.69) is 5.32 Å². The lowest BCUT2D eigenvalue weighted by Gasteiger charge is -2.18. The molecule has 30 heavy (non-hydrogen) atoms. The third kappa shape index (κ3) is 6.40. The van der Waals surface area contributed by atoms with E-state index in [1.807, 2.05) is 13.8 Å². The van der Waals surface area contributed by atoms with Crippen LogP contribution < -0.4 is 15.8 Å². The summed E-state index contributed by atoms with van der Waals surface area (Å²) in [5, 5.41) is 13.6. The zero-order valence-electron chi connectivity index (χ0n) is 16.1. The maximum absolute atomic E-state index is 12.7. The number of carbonyl (C=O) groups excluding carboxylic acids is 2. The molecule has 2 rings (SSSR count). The van der Waals surface area contributed by atoms with Gasteiger partial charge in [-0.25, -0.2) is 4.79 Å². The molecule has 3 N–H and O–H groups in total. The van der Waals surface area contributed by atoms with E-state index in [9.17, 15) is 19.7 Å². The lowest BCUT2D eigenvalue weighted by molar-refractivity contribution is -0.384. The summed E-state index contributed by atoms with van der Waals surface area (Å²) in [5.74, 6) is -1.47. The number of hydrogen-bond acceptors (Lipinski definition) is 6. The van der Waals surface area contributed by atoms with Gasteiger partial charge >= 0.3 is 5.97 Å². The van der Waals surface area contributed by atoms with E-state index in [0.717, 1.165) is 6.07 Å². The Balaban J connectivity index is 0.00000450. The largest absolute Gasteiger partial charge is 0.425 e. The fraction of sp³-hybridized carbons (Fsp3) is 0.263. The lowest BCUT2D eigenvalue weighted by atomic mass is 10.0. The molecule has 8 nitrogen and oxygen atoms in total. The van der Waals surface area contributed by atoms with Crippen LogP contribution in [0.4, 0.5) is 11.4 Å². The minimum atomic E-state index is -0.851. The molecule has 0 aromatic heterocycles. The molecule has 0 saturated carbocycles. The summed E-state index contributed by atoms with van der Waals surface area (Å²) >= 11 is 12.0. The number of amides is 1. The van der Waals surface area contributed by atoms with Crippen LogP contribution in [0, 0.1) is 16.0 Å². The highest BCUT2D eigenvalue weighted by Crippen LogP contribution is 2.29. The van der Waals surface area contributed by atoms with Gasteiger partial charge in [-0.05, 0) is 30.2 Å². The Morgan fingerprint density at radius 2 is 1.90 bits per heavy atom. The first kappa shape index (κ1) is 25.8. The normalized spacial score (nSPS) is 12.3. The van der Waals surface area contributed by atoms with Crippen LogP contribution in [0.25, 0.3) is 0 Å². The zero-order chi connectivity index (χ0) is 21.7. The first-order valence-electron chi connectivity index (χ1n) is 8.66. The topological polar surface area (TPSA) is 125 Å². The Morgan fingerprint density at radius 3 is 2.47 bits per heavy atom. The molecule has 0 spiro atoms. The first-order valence-corrected chi connectivity index (χ1v) is 9.41. The van der Waals surface area contributed by atoms with Crippen LogP contribution in [0.2, 0.25) is 10.0 Å². The maximum Gasteiger partial charge on any atom is 0.328 e. The summed E-state index contributed by atoms with van der Waals surface area (Å²) in [6.45, 7) is 3.71. The summed E-state index contributed by atoms with van der Waals surface area (Å²) in [7, 11) is 0. The van der Waals surface area contributed by atoms with Gasteiger partial charge in [0, 0.05) is 17.2 Å². The number of anilines is 1. The summed E-state index contributed by atoms with van der Waals surface area (Å²) < 4.78 is 5.32. The van der Waals surface area contributed by atoms with Crippen LogP contribution in [0.15, 0.2) is 36.4 Å². The Labute approximate surface area is 193 Å². The molecule has 0 aliphatic heterocycles. The Hall–Kier alpha value is -2.20. The van der Waals surface area contributed by atoms with E-state index < -0.39 is 22.8 Å². The SMILES string of the molecule is Br.CC[C@H](C)[C@H](N)C(=O)Oc1ccc(Cl)cc1C(=O)Nc1ccc([N+](=O)[O-])cc1Cl. The van der Waals surface area contributed by atoms with Gasteiger partial charge in [0.2, 0.25) is 0 Å². The highest BCUT2D eigenvalue weighted by molar-refractivity contribution is 8.93. The van der Waals surface area contributed by atoms with Gasteiger partial charge in [-0.1, -0.05) is 43.5 Å². The quantitative estimate of drug-likeness (QED) is 0.229. The van der Waals surface area contributed by atoms with Gasteiger partial charge in [0.15, 0.2) is 0 Å². The summed E-state index contributed by atoms with van der Waals surface area (Å²) in [6.07, 6.45) is 0.683. The van der Waals surface area contributed by atoms with Crippen molar-refractivity contribution in [3.05, 3.63) is 62.1 Å². The zero-order valence-corrected chi connectivity index (χ0v) is 19.3. The smallest absolute Gasteiger partial charge is 0.328 e. The van der Waals surface area contributed by atoms with Crippen molar-refractivity contribution in [2.45, 2.75) is 26.3 Å². The van der Waals surface area contributed by atoms with Crippen molar-refractivity contribution in [2.75, 3.05) is 5.32 Å². The van der Waals surface area contributed by atoms with Crippen molar-refractivity contribution in [1.29, 1.82) is 0 Å². The van der Waals surface area contributed by atoms with Gasteiger partial charge in [-0.15, -0.1) is 17.0 Å². The molecule has 2 aromatic rings. The highest BCUT2D eigenvalue weighted by atomic mass is 79.9. The molecular weight excluding hydrogens is 501 g/mol. The van der Waals surface area contributed by atoms with Gasteiger partial charge in [-0.2, -0.15) is 0 Å². The maximum atomic E-state index is 12.7. The number of esters is 1. The van der Waals surface area contributed by atoms with Crippen molar-refractivity contribution in [2.24, 2.45) is 11.7 Å². The van der Waals surface area contributed by atoms with Crippen LogP contribution in [-0.4, -0.2) is 22.8 Å². The molecule has 2 atom stereocenters. The van der Waals surface area contributed by atoms with E-state index in [1.54, 1.807) is 0 Å². The van der Waals surface area contributed by atoms with Gasteiger partial charge in [-0.3, -0.25) is 14.9 Å². The Kier molecular flexibility index (Phi) is 9.70. The molecule has 2 aromatic carbocycles. The number of halogens is 3. The molecule has 0 unspecified atom stereocenters. The number of nitrogens with zero attached hydrogens (tertiary/aromatic N) is 1. The number of carbonyl (C=O) groups is 2. The fourth-order valence-corrected chi connectivity index (χ4v) is 2.73. The Morgan fingerprint density at radius 1 is 1.23 bits per heavy atom.